The van der Waals surface area contributed by atoms with Crippen LogP contribution >= 0.6 is 0 Å². The Balaban J connectivity index is 1.92. The van der Waals surface area contributed by atoms with Crippen LogP contribution < -0.4 is 10.1 Å². The highest BCUT2D eigenvalue weighted by Crippen LogP contribution is 2.26. The van der Waals surface area contributed by atoms with Gasteiger partial charge in [0.1, 0.15) is 11.6 Å². The van der Waals surface area contributed by atoms with E-state index in [2.05, 4.69) is 5.32 Å². The van der Waals surface area contributed by atoms with Crippen molar-refractivity contribution in [1.29, 1.82) is 0 Å². The maximum atomic E-state index is 13.2. The lowest BCUT2D eigenvalue weighted by Crippen LogP contribution is -2.36. The predicted molar refractivity (Wildman–Crippen MR) is 72.9 cm³/mol. The Morgan fingerprint density at radius 3 is 2.85 bits per heavy atom. The second-order valence-electron chi connectivity index (χ2n) is 5.20. The van der Waals surface area contributed by atoms with Gasteiger partial charge in [-0.15, -0.1) is 0 Å². The molecule has 0 radical (unpaired) electrons. The molecule has 5 heteroatoms. The number of nitrogens with one attached hydrogen (secondary N) is 1. The van der Waals surface area contributed by atoms with Crippen LogP contribution in [0.2, 0.25) is 0 Å². The van der Waals surface area contributed by atoms with Crippen LogP contribution in [-0.2, 0) is 4.79 Å². The van der Waals surface area contributed by atoms with Gasteiger partial charge < -0.3 is 15.2 Å². The van der Waals surface area contributed by atoms with Crippen LogP contribution in [0.15, 0.2) is 18.2 Å². The fraction of sp³-hybridized carbons (Fsp3) is 0.533. The molecular weight excluding hydrogens is 261 g/mol. The Bertz CT molecular complexity index is 470. The quantitative estimate of drug-likeness (QED) is 0.870. The summed E-state index contributed by atoms with van der Waals surface area (Å²) in [7, 11) is 0. The smallest absolute Gasteiger partial charge is 0.258 e. The van der Waals surface area contributed by atoms with E-state index in [4.69, 9.17) is 4.74 Å². The second kappa shape index (κ2) is 6.70. The van der Waals surface area contributed by atoms with Gasteiger partial charge >= 0.3 is 0 Å². The summed E-state index contributed by atoms with van der Waals surface area (Å²) >= 11 is 0. The topological polar surface area (TPSA) is 58.6 Å². The summed E-state index contributed by atoms with van der Waals surface area (Å²) in [4.78, 5) is 11.7. The fourth-order valence-electron chi connectivity index (χ4n) is 2.46. The molecule has 0 bridgehead atoms. The molecule has 2 rings (SSSR count). The van der Waals surface area contributed by atoms with Crippen LogP contribution in [-0.4, -0.2) is 23.7 Å². The zero-order valence-electron chi connectivity index (χ0n) is 11.6. The molecule has 4 nitrogen and oxygen atoms in total. The van der Waals surface area contributed by atoms with Crippen molar-refractivity contribution in [1.82, 2.24) is 5.32 Å². The number of hydrogen-bond acceptors (Lipinski definition) is 3. The van der Waals surface area contributed by atoms with Gasteiger partial charge in [-0.2, -0.15) is 0 Å². The monoisotopic (exact) mass is 281 g/mol. The van der Waals surface area contributed by atoms with E-state index in [0.29, 0.717) is 5.56 Å². The largest absolute Gasteiger partial charge is 0.483 e. The van der Waals surface area contributed by atoms with Crippen molar-refractivity contribution in [2.75, 3.05) is 6.61 Å². The van der Waals surface area contributed by atoms with Gasteiger partial charge in [-0.1, -0.05) is 12.8 Å². The minimum atomic E-state index is -0.775. The van der Waals surface area contributed by atoms with Crippen LogP contribution in [0.1, 0.15) is 44.3 Å². The lowest BCUT2D eigenvalue weighted by molar-refractivity contribution is -0.123. The Labute approximate surface area is 117 Å². The van der Waals surface area contributed by atoms with Crippen LogP contribution in [0.5, 0.6) is 5.75 Å². The van der Waals surface area contributed by atoms with Crippen LogP contribution in [0.3, 0.4) is 0 Å². The Morgan fingerprint density at radius 1 is 1.50 bits per heavy atom. The van der Waals surface area contributed by atoms with Crippen molar-refractivity contribution in [2.45, 2.75) is 44.8 Å². The van der Waals surface area contributed by atoms with Crippen molar-refractivity contribution >= 4 is 5.91 Å². The fourth-order valence-corrected chi connectivity index (χ4v) is 2.46. The molecule has 1 aromatic carbocycles. The number of hydrogen-bond donors (Lipinski definition) is 2. The Kier molecular flexibility index (Phi) is 4.95. The van der Waals surface area contributed by atoms with Gasteiger partial charge in [0, 0.05) is 17.7 Å². The minimum absolute atomic E-state index is 0.167. The summed E-state index contributed by atoms with van der Waals surface area (Å²) in [6.07, 6.45) is 3.52. The van der Waals surface area contributed by atoms with Crippen molar-refractivity contribution in [3.8, 4) is 5.75 Å². The van der Waals surface area contributed by atoms with Gasteiger partial charge in [-0.05, 0) is 31.9 Å². The molecule has 110 valence electrons. The van der Waals surface area contributed by atoms with Crippen LogP contribution in [0, 0.1) is 5.82 Å². The third-order valence-corrected chi connectivity index (χ3v) is 3.50. The third-order valence-electron chi connectivity index (χ3n) is 3.50. The molecule has 2 N–H and O–H groups in total. The van der Waals surface area contributed by atoms with E-state index in [9.17, 15) is 14.3 Å². The van der Waals surface area contributed by atoms with Gasteiger partial charge in [0.25, 0.3) is 5.91 Å². The van der Waals surface area contributed by atoms with Crippen LogP contribution in [0.25, 0.3) is 0 Å². The molecule has 1 aliphatic carbocycles. The number of aliphatic hydroxyl groups excluding tert-OH is 1. The molecule has 1 atom stereocenters. The highest BCUT2D eigenvalue weighted by Gasteiger charge is 2.18. The molecule has 0 saturated heterocycles. The van der Waals surface area contributed by atoms with E-state index >= 15 is 0 Å². The number of aliphatic hydroxyl groups is 1. The molecule has 0 heterocycles. The number of carbonyl (C=O) groups is 1. The first-order valence-corrected chi connectivity index (χ1v) is 6.96. The SMILES string of the molecule is C[C@@H](O)c1ccc(F)cc1OCC(=O)NC1CCCC1. The number of ether oxygens (including phenoxy) is 1. The first kappa shape index (κ1) is 14.8. The molecule has 0 unspecified atom stereocenters. The van der Waals surface area contributed by atoms with Gasteiger partial charge in [0.2, 0.25) is 0 Å². The lowest BCUT2D eigenvalue weighted by atomic mass is 10.1. The van der Waals surface area contributed by atoms with E-state index in [-0.39, 0.29) is 24.3 Å². The van der Waals surface area contributed by atoms with E-state index in [1.54, 1.807) is 6.92 Å². The molecular formula is C15H20FNO3. The zero-order chi connectivity index (χ0) is 14.5. The van der Waals surface area contributed by atoms with Gasteiger partial charge in [-0.25, -0.2) is 4.39 Å². The molecule has 0 spiro atoms. The number of benzene rings is 1. The van der Waals surface area contributed by atoms with Gasteiger partial charge in [0.15, 0.2) is 6.61 Å². The maximum Gasteiger partial charge on any atom is 0.258 e. The van der Waals surface area contributed by atoms with E-state index in [0.717, 1.165) is 25.7 Å². The first-order chi connectivity index (χ1) is 9.56. The Morgan fingerprint density at radius 2 is 2.20 bits per heavy atom. The first-order valence-electron chi connectivity index (χ1n) is 6.96. The average molecular weight is 281 g/mol. The average Bonchev–Trinajstić information content (AvgIpc) is 2.89. The summed E-state index contributed by atoms with van der Waals surface area (Å²) in [6.45, 7) is 1.40. The predicted octanol–water partition coefficient (Wildman–Crippen LogP) is 2.32. The molecule has 1 saturated carbocycles. The summed E-state index contributed by atoms with van der Waals surface area (Å²) in [5, 5.41) is 12.5. The molecule has 20 heavy (non-hydrogen) atoms. The zero-order valence-corrected chi connectivity index (χ0v) is 11.6. The summed E-state index contributed by atoms with van der Waals surface area (Å²) in [5.41, 5.74) is 0.472. The van der Waals surface area contributed by atoms with Crippen molar-refractivity contribution < 1.29 is 19.0 Å². The van der Waals surface area contributed by atoms with Gasteiger partial charge in [0.05, 0.1) is 6.10 Å². The molecule has 1 amide bonds. The number of carbonyl (C=O) groups excluding carboxylic acids is 1. The number of halogens is 1. The van der Waals surface area contributed by atoms with Gasteiger partial charge in [-0.3, -0.25) is 4.79 Å². The molecule has 1 aliphatic rings. The normalized spacial score (nSPS) is 16.9. The van der Waals surface area contributed by atoms with E-state index < -0.39 is 11.9 Å². The maximum absolute atomic E-state index is 13.2. The molecule has 0 aliphatic heterocycles. The molecule has 1 fully saturated rings. The van der Waals surface area contributed by atoms with E-state index in [1.807, 2.05) is 0 Å². The van der Waals surface area contributed by atoms with E-state index in [1.165, 1.54) is 18.2 Å². The summed E-state index contributed by atoms with van der Waals surface area (Å²) < 4.78 is 18.5. The minimum Gasteiger partial charge on any atom is -0.483 e. The van der Waals surface area contributed by atoms with Crippen molar-refractivity contribution in [2.24, 2.45) is 0 Å². The highest BCUT2D eigenvalue weighted by atomic mass is 19.1. The summed E-state index contributed by atoms with van der Waals surface area (Å²) in [5.74, 6) is -0.458. The second-order valence-corrected chi connectivity index (χ2v) is 5.20. The lowest BCUT2D eigenvalue weighted by Gasteiger charge is -2.15. The number of amides is 1. The molecule has 0 aromatic heterocycles. The summed E-state index contributed by atoms with van der Waals surface area (Å²) in [6, 6.07) is 4.14. The third kappa shape index (κ3) is 3.93. The van der Waals surface area contributed by atoms with Crippen LogP contribution in [0.4, 0.5) is 4.39 Å². The van der Waals surface area contributed by atoms with Crippen molar-refractivity contribution in [3.63, 3.8) is 0 Å². The molecule has 1 aromatic rings. The van der Waals surface area contributed by atoms with Crippen molar-refractivity contribution in [3.05, 3.63) is 29.6 Å². The Hall–Kier alpha value is -1.62. The number of rotatable bonds is 5. The highest BCUT2D eigenvalue weighted by molar-refractivity contribution is 5.77. The standard InChI is InChI=1S/C15H20FNO3/c1-10(18)13-7-6-11(16)8-14(13)20-9-15(19)17-12-4-2-3-5-12/h6-8,10,12,18H,2-5,9H2,1H3,(H,17,19)/t10-/m1/s1.